The summed E-state index contributed by atoms with van der Waals surface area (Å²) < 4.78 is 3.22. The molecule has 0 saturated carbocycles. The molecule has 0 spiro atoms. The summed E-state index contributed by atoms with van der Waals surface area (Å²) in [6, 6.07) is 19.0. The Morgan fingerprint density at radius 3 is 2.52 bits per heavy atom. The van der Waals surface area contributed by atoms with Gasteiger partial charge in [-0.1, -0.05) is 36.4 Å². The highest BCUT2D eigenvalue weighted by molar-refractivity contribution is 5.90. The van der Waals surface area contributed by atoms with Gasteiger partial charge >= 0.3 is 0 Å². The van der Waals surface area contributed by atoms with Gasteiger partial charge in [0.25, 0.3) is 5.56 Å². The number of hydrogen-bond donors (Lipinski definition) is 0. The fourth-order valence-corrected chi connectivity index (χ4v) is 3.19. The maximum absolute atomic E-state index is 12.3. The average Bonchev–Trinajstić information content (AvgIpc) is 3.13. The Kier molecular flexibility index (Phi) is 4.95. The molecule has 0 N–H and O–H groups in total. The third-order valence-corrected chi connectivity index (χ3v) is 4.89. The van der Waals surface area contributed by atoms with E-state index in [0.29, 0.717) is 18.8 Å². The summed E-state index contributed by atoms with van der Waals surface area (Å²) in [5, 5.41) is 9.34. The van der Waals surface area contributed by atoms with Crippen molar-refractivity contribution in [1.82, 2.24) is 24.3 Å². The molecule has 0 aliphatic heterocycles. The molecule has 0 aliphatic rings. The van der Waals surface area contributed by atoms with Crippen molar-refractivity contribution in [3.8, 4) is 22.5 Å². The summed E-state index contributed by atoms with van der Waals surface area (Å²) in [5.74, 6) is -0.0526. The molecular formula is C22H21N5O2. The van der Waals surface area contributed by atoms with E-state index in [1.54, 1.807) is 18.0 Å². The Morgan fingerprint density at radius 2 is 1.76 bits per heavy atom. The third kappa shape index (κ3) is 3.67. The lowest BCUT2D eigenvalue weighted by Gasteiger charge is -2.15. The molecule has 3 aromatic heterocycles. The molecule has 29 heavy (non-hydrogen) atoms. The van der Waals surface area contributed by atoms with Crippen LogP contribution in [0.1, 0.15) is 6.92 Å². The van der Waals surface area contributed by atoms with Crippen LogP contribution in [-0.4, -0.2) is 43.8 Å². The minimum Gasteiger partial charge on any atom is -0.344 e. The molecule has 7 heteroatoms. The highest BCUT2D eigenvalue weighted by Crippen LogP contribution is 2.33. The highest BCUT2D eigenvalue weighted by Gasteiger charge is 2.18. The second kappa shape index (κ2) is 7.71. The maximum Gasteiger partial charge on any atom is 0.266 e. The predicted octanol–water partition coefficient (Wildman–Crippen LogP) is 2.70. The monoisotopic (exact) mass is 387 g/mol. The largest absolute Gasteiger partial charge is 0.344 e. The molecule has 1 aromatic carbocycles. The average molecular weight is 387 g/mol. The lowest BCUT2D eigenvalue weighted by molar-refractivity contribution is -0.127. The van der Waals surface area contributed by atoms with Gasteiger partial charge in [0, 0.05) is 38.3 Å². The molecule has 0 saturated heterocycles. The number of amides is 1. The van der Waals surface area contributed by atoms with Crippen LogP contribution in [0.5, 0.6) is 0 Å². The van der Waals surface area contributed by atoms with Crippen molar-refractivity contribution < 1.29 is 4.79 Å². The molecule has 0 atom stereocenters. The van der Waals surface area contributed by atoms with E-state index in [1.807, 2.05) is 59.2 Å². The molecule has 0 fully saturated rings. The summed E-state index contributed by atoms with van der Waals surface area (Å²) in [6.45, 7) is 2.23. The van der Waals surface area contributed by atoms with Crippen LogP contribution >= 0.6 is 0 Å². The Hall–Kier alpha value is -3.74. The number of rotatable bonds is 5. The second-order valence-electron chi connectivity index (χ2n) is 6.84. The van der Waals surface area contributed by atoms with E-state index in [4.69, 9.17) is 5.10 Å². The van der Waals surface area contributed by atoms with E-state index in [0.717, 1.165) is 22.3 Å². The molecule has 0 aliphatic carbocycles. The van der Waals surface area contributed by atoms with Gasteiger partial charge in [0.2, 0.25) is 5.91 Å². The normalized spacial score (nSPS) is 11.0. The quantitative estimate of drug-likeness (QED) is 0.528. The van der Waals surface area contributed by atoms with Gasteiger partial charge in [-0.2, -0.15) is 10.2 Å². The van der Waals surface area contributed by atoms with Gasteiger partial charge in [-0.25, -0.2) is 9.20 Å². The number of carbonyl (C=O) groups is 1. The van der Waals surface area contributed by atoms with E-state index >= 15 is 0 Å². The number of likely N-dealkylation sites (N-methyl/N-ethyl adjacent to an activating group) is 1. The SMILES string of the molecule is CC(=O)N(C)CCn1nc(-c2c(-c3ccccc3)nn3ccccc23)ccc1=O. The topological polar surface area (TPSA) is 72.5 Å². The summed E-state index contributed by atoms with van der Waals surface area (Å²) >= 11 is 0. The maximum atomic E-state index is 12.3. The lowest BCUT2D eigenvalue weighted by atomic mass is 10.0. The number of pyridine rings is 1. The number of benzene rings is 1. The van der Waals surface area contributed by atoms with Gasteiger partial charge in [0.05, 0.1) is 23.3 Å². The molecule has 3 heterocycles. The van der Waals surface area contributed by atoms with Gasteiger partial charge in [-0.15, -0.1) is 0 Å². The zero-order valence-electron chi connectivity index (χ0n) is 16.3. The van der Waals surface area contributed by atoms with Gasteiger partial charge in [-0.05, 0) is 18.2 Å². The van der Waals surface area contributed by atoms with Crippen LogP contribution in [0.25, 0.3) is 28.0 Å². The Morgan fingerprint density at radius 1 is 1.00 bits per heavy atom. The van der Waals surface area contributed by atoms with E-state index < -0.39 is 0 Å². The summed E-state index contributed by atoms with van der Waals surface area (Å²) in [5.41, 5.74) is 4.01. The molecule has 0 bridgehead atoms. The van der Waals surface area contributed by atoms with E-state index in [1.165, 1.54) is 17.7 Å². The van der Waals surface area contributed by atoms with Crippen LogP contribution in [0.15, 0.2) is 71.7 Å². The van der Waals surface area contributed by atoms with E-state index in [-0.39, 0.29) is 11.5 Å². The first-order valence-corrected chi connectivity index (χ1v) is 9.37. The molecule has 4 rings (SSSR count). The first-order valence-electron chi connectivity index (χ1n) is 9.37. The van der Waals surface area contributed by atoms with Gasteiger partial charge in [0.15, 0.2) is 0 Å². The van der Waals surface area contributed by atoms with Crippen molar-refractivity contribution in [3.63, 3.8) is 0 Å². The lowest BCUT2D eigenvalue weighted by Crippen LogP contribution is -2.32. The van der Waals surface area contributed by atoms with Crippen LogP contribution in [0.2, 0.25) is 0 Å². The molecule has 146 valence electrons. The Bertz CT molecular complexity index is 1230. The van der Waals surface area contributed by atoms with Crippen molar-refractivity contribution in [1.29, 1.82) is 0 Å². The molecular weight excluding hydrogens is 366 g/mol. The molecule has 1 amide bonds. The predicted molar refractivity (Wildman–Crippen MR) is 111 cm³/mol. The Labute approximate surface area is 167 Å². The first kappa shape index (κ1) is 18.6. The zero-order valence-corrected chi connectivity index (χ0v) is 16.3. The fraction of sp³-hybridized carbons (Fsp3) is 0.182. The third-order valence-electron chi connectivity index (χ3n) is 4.89. The second-order valence-corrected chi connectivity index (χ2v) is 6.84. The fourth-order valence-electron chi connectivity index (χ4n) is 3.19. The zero-order chi connectivity index (χ0) is 20.4. The van der Waals surface area contributed by atoms with E-state index in [9.17, 15) is 9.59 Å². The van der Waals surface area contributed by atoms with Gasteiger partial charge < -0.3 is 4.90 Å². The number of aromatic nitrogens is 4. The van der Waals surface area contributed by atoms with Crippen LogP contribution in [0.4, 0.5) is 0 Å². The number of fused-ring (bicyclic) bond motifs is 1. The smallest absolute Gasteiger partial charge is 0.266 e. The van der Waals surface area contributed by atoms with Crippen LogP contribution in [0, 0.1) is 0 Å². The Balaban J connectivity index is 1.83. The standard InChI is InChI=1S/C22H21N5O2/c1-16(28)25(2)14-15-27-20(29)12-11-18(23-27)21-19-10-6-7-13-26(19)24-22(21)17-8-4-3-5-9-17/h3-13H,14-15H2,1-2H3. The number of hydrogen-bond acceptors (Lipinski definition) is 4. The first-order chi connectivity index (χ1) is 14.0. The van der Waals surface area contributed by atoms with Crippen LogP contribution in [0.3, 0.4) is 0 Å². The molecule has 7 nitrogen and oxygen atoms in total. The minimum absolute atomic E-state index is 0.0526. The van der Waals surface area contributed by atoms with Crippen LogP contribution in [-0.2, 0) is 11.3 Å². The number of carbonyl (C=O) groups excluding carboxylic acids is 1. The van der Waals surface area contributed by atoms with Gasteiger partial charge in [0.1, 0.15) is 5.69 Å². The highest BCUT2D eigenvalue weighted by atomic mass is 16.2. The van der Waals surface area contributed by atoms with E-state index in [2.05, 4.69) is 5.10 Å². The summed E-state index contributed by atoms with van der Waals surface area (Å²) in [4.78, 5) is 25.3. The van der Waals surface area contributed by atoms with Crippen molar-refractivity contribution in [2.75, 3.05) is 13.6 Å². The summed E-state index contributed by atoms with van der Waals surface area (Å²) in [6.07, 6.45) is 1.89. The molecule has 0 unspecified atom stereocenters. The van der Waals surface area contributed by atoms with Crippen LogP contribution < -0.4 is 5.56 Å². The summed E-state index contributed by atoms with van der Waals surface area (Å²) in [7, 11) is 1.70. The minimum atomic E-state index is -0.205. The van der Waals surface area contributed by atoms with Crippen molar-refractivity contribution in [2.24, 2.45) is 0 Å². The van der Waals surface area contributed by atoms with Crippen molar-refractivity contribution in [2.45, 2.75) is 13.5 Å². The molecule has 4 aromatic rings. The van der Waals surface area contributed by atoms with Crippen molar-refractivity contribution in [3.05, 3.63) is 77.2 Å². The number of nitrogens with zero attached hydrogens (tertiary/aromatic N) is 5. The molecule has 0 radical (unpaired) electrons. The van der Waals surface area contributed by atoms with Gasteiger partial charge in [-0.3, -0.25) is 9.59 Å². The van der Waals surface area contributed by atoms with Crippen molar-refractivity contribution >= 4 is 11.4 Å².